The number of hydrogen-bond donors (Lipinski definition) is 2. The summed E-state index contributed by atoms with van der Waals surface area (Å²) in [5.74, 6) is -0.0508. The van der Waals surface area contributed by atoms with E-state index in [1.54, 1.807) is 35.5 Å². The highest BCUT2D eigenvalue weighted by Crippen LogP contribution is 2.13. The van der Waals surface area contributed by atoms with Crippen molar-refractivity contribution in [2.24, 2.45) is 0 Å². The van der Waals surface area contributed by atoms with E-state index in [1.165, 1.54) is 0 Å². The van der Waals surface area contributed by atoms with Gasteiger partial charge in [0.1, 0.15) is 5.69 Å². The summed E-state index contributed by atoms with van der Waals surface area (Å²) in [6.45, 7) is 0.620. The molecule has 0 saturated carbocycles. The summed E-state index contributed by atoms with van der Waals surface area (Å²) < 4.78 is 0. The number of aromatic amines is 1. The highest BCUT2D eigenvalue weighted by atomic mass is 32.1. The summed E-state index contributed by atoms with van der Waals surface area (Å²) in [6, 6.07) is 5.63. The average molecular weight is 235 g/mol. The van der Waals surface area contributed by atoms with E-state index >= 15 is 0 Å². The van der Waals surface area contributed by atoms with E-state index in [2.05, 4.69) is 4.98 Å². The number of thiophene rings is 1. The van der Waals surface area contributed by atoms with E-state index in [4.69, 9.17) is 5.73 Å². The van der Waals surface area contributed by atoms with Gasteiger partial charge in [-0.15, -0.1) is 11.3 Å². The van der Waals surface area contributed by atoms with Crippen LogP contribution in [0.3, 0.4) is 0 Å². The first-order valence-electron chi connectivity index (χ1n) is 4.88. The molecule has 0 radical (unpaired) electrons. The average Bonchev–Trinajstić information content (AvgIpc) is 2.88. The van der Waals surface area contributed by atoms with Crippen LogP contribution in [0.4, 0.5) is 5.69 Å². The lowest BCUT2D eigenvalue weighted by molar-refractivity contribution is 0.0781. The maximum Gasteiger partial charge on any atom is 0.270 e. The van der Waals surface area contributed by atoms with Crippen LogP contribution in [0.15, 0.2) is 29.8 Å². The molecule has 2 aromatic heterocycles. The van der Waals surface area contributed by atoms with Crippen molar-refractivity contribution < 1.29 is 4.79 Å². The number of hydrogen-bond acceptors (Lipinski definition) is 3. The van der Waals surface area contributed by atoms with Gasteiger partial charge in [0.2, 0.25) is 0 Å². The number of nitrogen functional groups attached to an aromatic ring is 1. The van der Waals surface area contributed by atoms with Crippen LogP contribution in [0, 0.1) is 0 Å². The minimum absolute atomic E-state index is 0.0508. The zero-order chi connectivity index (χ0) is 11.5. The fourth-order valence-electron chi connectivity index (χ4n) is 1.45. The van der Waals surface area contributed by atoms with Gasteiger partial charge < -0.3 is 15.6 Å². The smallest absolute Gasteiger partial charge is 0.270 e. The molecule has 0 bridgehead atoms. The highest BCUT2D eigenvalue weighted by molar-refractivity contribution is 7.09. The predicted molar refractivity (Wildman–Crippen MR) is 65.3 cm³/mol. The molecule has 16 heavy (non-hydrogen) atoms. The first kappa shape index (κ1) is 10.8. The van der Waals surface area contributed by atoms with Crippen LogP contribution in [0.2, 0.25) is 0 Å². The number of nitrogens with two attached hydrogens (primary N) is 1. The maximum absolute atomic E-state index is 11.9. The van der Waals surface area contributed by atoms with Crippen LogP contribution in [-0.2, 0) is 6.54 Å². The van der Waals surface area contributed by atoms with Gasteiger partial charge in [-0.25, -0.2) is 0 Å². The molecule has 0 spiro atoms. The number of aromatic nitrogens is 1. The lowest BCUT2D eigenvalue weighted by Crippen LogP contribution is -2.26. The summed E-state index contributed by atoms with van der Waals surface area (Å²) in [7, 11) is 1.78. The standard InChI is InChI=1S/C11H13N3OS/c1-14(7-9-3-2-4-16-9)11(15)10-5-8(12)6-13-10/h2-6,13H,7,12H2,1H3. The third kappa shape index (κ3) is 2.25. The van der Waals surface area contributed by atoms with Gasteiger partial charge in [-0.2, -0.15) is 0 Å². The van der Waals surface area contributed by atoms with Crippen molar-refractivity contribution in [2.75, 3.05) is 12.8 Å². The Bertz CT molecular complexity index is 475. The Balaban J connectivity index is 2.05. The van der Waals surface area contributed by atoms with Gasteiger partial charge in [-0.3, -0.25) is 4.79 Å². The Morgan fingerprint density at radius 1 is 1.62 bits per heavy atom. The molecular weight excluding hydrogens is 222 g/mol. The van der Waals surface area contributed by atoms with Crippen molar-refractivity contribution in [3.8, 4) is 0 Å². The predicted octanol–water partition coefficient (Wildman–Crippen LogP) is 1.93. The summed E-state index contributed by atoms with van der Waals surface area (Å²) in [5, 5.41) is 2.00. The van der Waals surface area contributed by atoms with Crippen molar-refractivity contribution >= 4 is 22.9 Å². The molecule has 1 amide bonds. The normalized spacial score (nSPS) is 10.3. The number of rotatable bonds is 3. The van der Waals surface area contributed by atoms with Gasteiger partial charge in [-0.1, -0.05) is 6.07 Å². The molecule has 2 rings (SSSR count). The summed E-state index contributed by atoms with van der Waals surface area (Å²) >= 11 is 1.64. The number of nitrogens with zero attached hydrogens (tertiary/aromatic N) is 1. The largest absolute Gasteiger partial charge is 0.397 e. The molecule has 0 atom stereocenters. The molecule has 2 heterocycles. The number of carbonyl (C=O) groups is 1. The van der Waals surface area contributed by atoms with Crippen molar-refractivity contribution in [1.29, 1.82) is 0 Å². The summed E-state index contributed by atoms with van der Waals surface area (Å²) in [5.41, 5.74) is 6.65. The molecule has 3 N–H and O–H groups in total. The first-order chi connectivity index (χ1) is 7.66. The highest BCUT2D eigenvalue weighted by Gasteiger charge is 2.13. The molecule has 4 nitrogen and oxygen atoms in total. The van der Waals surface area contributed by atoms with Gasteiger partial charge in [0.25, 0.3) is 5.91 Å². The Kier molecular flexibility index (Phi) is 2.96. The van der Waals surface area contributed by atoms with Crippen molar-refractivity contribution in [3.63, 3.8) is 0 Å². The number of H-pyrrole nitrogens is 1. The fraction of sp³-hybridized carbons (Fsp3) is 0.182. The second-order valence-corrected chi connectivity index (χ2v) is 4.62. The number of nitrogens with one attached hydrogen (secondary N) is 1. The lowest BCUT2D eigenvalue weighted by atomic mass is 10.3. The minimum Gasteiger partial charge on any atom is -0.397 e. The van der Waals surface area contributed by atoms with Crippen LogP contribution >= 0.6 is 11.3 Å². The van der Waals surface area contributed by atoms with E-state index in [9.17, 15) is 4.79 Å². The lowest BCUT2D eigenvalue weighted by Gasteiger charge is -2.14. The molecule has 84 valence electrons. The number of amides is 1. The van der Waals surface area contributed by atoms with E-state index in [1.807, 2.05) is 17.5 Å². The number of anilines is 1. The van der Waals surface area contributed by atoms with Crippen LogP contribution in [0.25, 0.3) is 0 Å². The van der Waals surface area contributed by atoms with E-state index in [0.29, 0.717) is 17.9 Å². The Hall–Kier alpha value is -1.75. The molecule has 2 aromatic rings. The van der Waals surface area contributed by atoms with Gasteiger partial charge >= 0.3 is 0 Å². The Labute approximate surface area is 97.7 Å². The van der Waals surface area contributed by atoms with Crippen LogP contribution < -0.4 is 5.73 Å². The minimum atomic E-state index is -0.0508. The molecule has 0 aromatic carbocycles. The molecule has 0 saturated heterocycles. The molecule has 0 aliphatic heterocycles. The second-order valence-electron chi connectivity index (χ2n) is 3.59. The quantitative estimate of drug-likeness (QED) is 0.854. The molecule has 0 unspecified atom stereocenters. The monoisotopic (exact) mass is 235 g/mol. The molecule has 0 fully saturated rings. The van der Waals surface area contributed by atoms with Crippen molar-refractivity contribution in [2.45, 2.75) is 6.54 Å². The molecule has 0 aliphatic carbocycles. The van der Waals surface area contributed by atoms with Gasteiger partial charge in [0.05, 0.1) is 6.54 Å². The topological polar surface area (TPSA) is 62.1 Å². The summed E-state index contributed by atoms with van der Waals surface area (Å²) in [6.07, 6.45) is 1.62. The zero-order valence-electron chi connectivity index (χ0n) is 8.93. The first-order valence-corrected chi connectivity index (χ1v) is 5.76. The second kappa shape index (κ2) is 4.40. The maximum atomic E-state index is 11.9. The zero-order valence-corrected chi connectivity index (χ0v) is 9.75. The number of carbonyl (C=O) groups excluding carboxylic acids is 1. The van der Waals surface area contributed by atoms with Gasteiger partial charge in [0.15, 0.2) is 0 Å². The van der Waals surface area contributed by atoms with Crippen LogP contribution in [0.5, 0.6) is 0 Å². The van der Waals surface area contributed by atoms with E-state index in [0.717, 1.165) is 4.88 Å². The van der Waals surface area contributed by atoms with Gasteiger partial charge in [0, 0.05) is 23.8 Å². The molecular formula is C11H13N3OS. The van der Waals surface area contributed by atoms with E-state index < -0.39 is 0 Å². The van der Waals surface area contributed by atoms with E-state index in [-0.39, 0.29) is 5.91 Å². The van der Waals surface area contributed by atoms with Crippen molar-refractivity contribution in [1.82, 2.24) is 9.88 Å². The third-order valence-electron chi connectivity index (χ3n) is 2.26. The van der Waals surface area contributed by atoms with Crippen LogP contribution in [-0.4, -0.2) is 22.8 Å². The van der Waals surface area contributed by atoms with Crippen molar-refractivity contribution in [3.05, 3.63) is 40.3 Å². The third-order valence-corrected chi connectivity index (χ3v) is 3.12. The fourth-order valence-corrected chi connectivity index (χ4v) is 2.21. The van der Waals surface area contributed by atoms with Gasteiger partial charge in [-0.05, 0) is 17.5 Å². The molecule has 5 heteroatoms. The van der Waals surface area contributed by atoms with Crippen LogP contribution in [0.1, 0.15) is 15.4 Å². The SMILES string of the molecule is CN(Cc1cccs1)C(=O)c1cc(N)c[nH]1. The molecule has 0 aliphatic rings. The Morgan fingerprint density at radius 2 is 2.44 bits per heavy atom. The Morgan fingerprint density at radius 3 is 3.00 bits per heavy atom. The summed E-state index contributed by atoms with van der Waals surface area (Å²) in [4.78, 5) is 17.6.